The largest absolute Gasteiger partial charge is 0.435 e. The van der Waals surface area contributed by atoms with E-state index in [1.54, 1.807) is 43.1 Å². The van der Waals surface area contributed by atoms with Crippen LogP contribution in [0.25, 0.3) is 0 Å². The molecular formula is C27H44F2OSi. The lowest BCUT2D eigenvalue weighted by atomic mass is 9.73. The lowest BCUT2D eigenvalue weighted by Gasteiger charge is -2.37. The molecule has 1 aromatic carbocycles. The van der Waals surface area contributed by atoms with Crippen LogP contribution in [-0.4, -0.2) is 15.4 Å². The number of halogens is 2. The van der Waals surface area contributed by atoms with Crippen LogP contribution in [0.15, 0.2) is 24.3 Å². The van der Waals surface area contributed by atoms with E-state index in [0.717, 1.165) is 24.2 Å². The van der Waals surface area contributed by atoms with Gasteiger partial charge >= 0.3 is 6.61 Å². The van der Waals surface area contributed by atoms with E-state index in [9.17, 15) is 8.78 Å². The second kappa shape index (κ2) is 13.6. The highest BCUT2D eigenvalue weighted by Crippen LogP contribution is 2.42. The predicted molar refractivity (Wildman–Crippen MR) is 130 cm³/mol. The lowest BCUT2D eigenvalue weighted by molar-refractivity contribution is -0.0498. The maximum atomic E-state index is 12.2. The van der Waals surface area contributed by atoms with E-state index in [-0.39, 0.29) is 14.5 Å². The van der Waals surface area contributed by atoms with Gasteiger partial charge in [0.05, 0.1) is 0 Å². The first kappa shape index (κ1) is 24.7. The number of hydrogen-bond donors (Lipinski definition) is 0. The van der Waals surface area contributed by atoms with Crippen molar-refractivity contribution in [3.8, 4) is 5.75 Å². The molecule has 2 aliphatic rings. The van der Waals surface area contributed by atoms with Gasteiger partial charge in [-0.2, -0.15) is 8.78 Å². The van der Waals surface area contributed by atoms with Crippen LogP contribution in [0.4, 0.5) is 8.78 Å². The van der Waals surface area contributed by atoms with Gasteiger partial charge in [-0.15, -0.1) is 0 Å². The van der Waals surface area contributed by atoms with Gasteiger partial charge in [0.2, 0.25) is 0 Å². The molecule has 0 bridgehead atoms. The Kier molecular flexibility index (Phi) is 10.9. The molecule has 31 heavy (non-hydrogen) atoms. The maximum Gasteiger partial charge on any atom is 0.387 e. The fourth-order valence-corrected chi connectivity index (χ4v) is 9.71. The summed E-state index contributed by atoms with van der Waals surface area (Å²) in [7, 11) is -0.358. The molecule has 0 radical (unpaired) electrons. The van der Waals surface area contributed by atoms with E-state index in [0.29, 0.717) is 0 Å². The summed E-state index contributed by atoms with van der Waals surface area (Å²) in [4.78, 5) is 0. The van der Waals surface area contributed by atoms with Crippen LogP contribution in [0.2, 0.25) is 18.1 Å². The molecule has 1 aliphatic carbocycles. The minimum Gasteiger partial charge on any atom is -0.435 e. The van der Waals surface area contributed by atoms with Crippen LogP contribution in [0.1, 0.15) is 89.5 Å². The van der Waals surface area contributed by atoms with Crippen molar-refractivity contribution in [1.82, 2.24) is 0 Å². The van der Waals surface area contributed by atoms with Gasteiger partial charge in [-0.05, 0) is 61.1 Å². The Bertz CT molecular complexity index is 590. The zero-order valence-corrected chi connectivity index (χ0v) is 20.8. The van der Waals surface area contributed by atoms with Gasteiger partial charge in [-0.3, -0.25) is 0 Å². The Balaban J connectivity index is 1.25. The Hall–Kier alpha value is -0.903. The number of alkyl halides is 2. The minimum atomic E-state index is -2.74. The standard InChI is InChI=1S/C27H44F2OSi/c1-2-3-6-19-31-20-17-25(18-21-31)24-13-9-22(10-14-24)7-4-5-8-23-11-15-26(16-12-23)30-27(28)29/h11-12,15-16,22,24-25,27,31H,2-10,13-14,17-21H2,1H3. The number of ether oxygens (including phenoxy) is 1. The Morgan fingerprint density at radius 2 is 1.55 bits per heavy atom. The van der Waals surface area contributed by atoms with Crippen molar-refractivity contribution in [1.29, 1.82) is 0 Å². The molecule has 1 aliphatic heterocycles. The van der Waals surface area contributed by atoms with E-state index in [1.807, 2.05) is 12.1 Å². The van der Waals surface area contributed by atoms with Crippen molar-refractivity contribution in [2.45, 2.75) is 115 Å². The lowest BCUT2D eigenvalue weighted by Crippen LogP contribution is -2.28. The van der Waals surface area contributed by atoms with Crippen LogP contribution >= 0.6 is 0 Å². The van der Waals surface area contributed by atoms with Gasteiger partial charge in [-0.1, -0.05) is 95.0 Å². The van der Waals surface area contributed by atoms with Crippen molar-refractivity contribution in [2.24, 2.45) is 17.8 Å². The molecule has 1 heterocycles. The fraction of sp³-hybridized carbons (Fsp3) is 0.778. The molecule has 0 atom stereocenters. The molecule has 0 unspecified atom stereocenters. The highest BCUT2D eigenvalue weighted by Gasteiger charge is 2.30. The summed E-state index contributed by atoms with van der Waals surface area (Å²) < 4.78 is 28.9. The van der Waals surface area contributed by atoms with Gasteiger partial charge < -0.3 is 4.74 Å². The third-order valence-electron chi connectivity index (χ3n) is 8.14. The molecule has 3 rings (SSSR count). The number of unbranched alkanes of at least 4 members (excludes halogenated alkanes) is 3. The van der Waals surface area contributed by atoms with E-state index in [1.165, 1.54) is 69.8 Å². The smallest absolute Gasteiger partial charge is 0.387 e. The molecule has 2 fully saturated rings. The molecular weight excluding hydrogens is 406 g/mol. The van der Waals surface area contributed by atoms with Crippen LogP contribution in [0.3, 0.4) is 0 Å². The van der Waals surface area contributed by atoms with E-state index in [4.69, 9.17) is 0 Å². The third-order valence-corrected chi connectivity index (χ3v) is 11.7. The Labute approximate surface area is 191 Å². The number of rotatable bonds is 12. The second-order valence-corrected chi connectivity index (χ2v) is 13.8. The van der Waals surface area contributed by atoms with Crippen LogP contribution in [-0.2, 0) is 6.42 Å². The zero-order valence-electron chi connectivity index (χ0n) is 19.7. The first-order chi connectivity index (χ1) is 15.1. The monoisotopic (exact) mass is 450 g/mol. The SMILES string of the molecule is CCCCC[SiH]1CCC(C2CCC(CCCCc3ccc(OC(F)F)cc3)CC2)CC1. The average molecular weight is 451 g/mol. The molecule has 1 aromatic rings. The number of aryl methyl sites for hydroxylation is 1. The predicted octanol–water partition coefficient (Wildman–Crippen LogP) is 8.63. The molecule has 0 N–H and O–H groups in total. The summed E-state index contributed by atoms with van der Waals surface area (Å²) in [6.45, 7) is -0.419. The quantitative estimate of drug-likeness (QED) is 0.229. The summed E-state index contributed by atoms with van der Waals surface area (Å²) >= 11 is 0. The molecule has 0 amide bonds. The molecule has 176 valence electrons. The minimum absolute atomic E-state index is 0.253. The molecule has 4 heteroatoms. The van der Waals surface area contributed by atoms with Crippen LogP contribution < -0.4 is 4.74 Å². The second-order valence-electron chi connectivity index (χ2n) is 10.3. The van der Waals surface area contributed by atoms with Crippen molar-refractivity contribution >= 4 is 8.80 Å². The summed E-state index contributed by atoms with van der Waals surface area (Å²) in [5.74, 6) is 3.30. The molecule has 1 nitrogen and oxygen atoms in total. The van der Waals surface area contributed by atoms with Gasteiger partial charge in [0.15, 0.2) is 0 Å². The van der Waals surface area contributed by atoms with Gasteiger partial charge in [-0.25, -0.2) is 0 Å². The van der Waals surface area contributed by atoms with Crippen LogP contribution in [0.5, 0.6) is 5.75 Å². The summed E-state index contributed by atoms with van der Waals surface area (Å²) in [5.41, 5.74) is 1.22. The molecule has 0 spiro atoms. The average Bonchev–Trinajstić information content (AvgIpc) is 2.79. The van der Waals surface area contributed by atoms with Gasteiger partial charge in [0.25, 0.3) is 0 Å². The van der Waals surface area contributed by atoms with Crippen molar-refractivity contribution in [2.75, 3.05) is 0 Å². The summed E-state index contributed by atoms with van der Waals surface area (Å²) in [6.07, 6.45) is 18.3. The van der Waals surface area contributed by atoms with Crippen LogP contribution in [0, 0.1) is 17.8 Å². The zero-order chi connectivity index (χ0) is 21.9. The van der Waals surface area contributed by atoms with E-state index in [2.05, 4.69) is 11.7 Å². The van der Waals surface area contributed by atoms with E-state index < -0.39 is 6.61 Å². The fourth-order valence-electron chi connectivity index (χ4n) is 6.18. The normalized spacial score (nSPS) is 26.8. The van der Waals surface area contributed by atoms with Crippen molar-refractivity contribution < 1.29 is 13.5 Å². The maximum absolute atomic E-state index is 12.2. The number of benzene rings is 1. The molecule has 0 aromatic heterocycles. The van der Waals surface area contributed by atoms with Crippen molar-refractivity contribution in [3.05, 3.63) is 29.8 Å². The first-order valence-electron chi connectivity index (χ1n) is 13.2. The number of hydrogen-bond acceptors (Lipinski definition) is 1. The summed E-state index contributed by atoms with van der Waals surface area (Å²) in [5, 5.41) is 0. The molecule has 1 saturated heterocycles. The molecule has 1 saturated carbocycles. The van der Waals surface area contributed by atoms with Gasteiger partial charge in [0.1, 0.15) is 5.75 Å². The van der Waals surface area contributed by atoms with Gasteiger partial charge in [0, 0.05) is 8.80 Å². The first-order valence-corrected chi connectivity index (χ1v) is 15.6. The van der Waals surface area contributed by atoms with Crippen molar-refractivity contribution in [3.63, 3.8) is 0 Å². The highest BCUT2D eigenvalue weighted by molar-refractivity contribution is 6.58. The topological polar surface area (TPSA) is 9.23 Å². The highest BCUT2D eigenvalue weighted by atomic mass is 28.3. The Morgan fingerprint density at radius 3 is 2.19 bits per heavy atom. The third kappa shape index (κ3) is 8.86. The summed E-state index contributed by atoms with van der Waals surface area (Å²) in [6, 6.07) is 12.1. The Morgan fingerprint density at radius 1 is 0.871 bits per heavy atom. The van der Waals surface area contributed by atoms with E-state index >= 15 is 0 Å².